The van der Waals surface area contributed by atoms with Crippen molar-refractivity contribution in [2.75, 3.05) is 64.2 Å². The number of allylic oxidation sites excluding steroid dienone is 1. The van der Waals surface area contributed by atoms with Crippen molar-refractivity contribution in [3.63, 3.8) is 0 Å². The number of aromatic nitrogens is 2. The lowest BCUT2D eigenvalue weighted by Gasteiger charge is -2.40. The Bertz CT molecular complexity index is 1290. The van der Waals surface area contributed by atoms with Crippen LogP contribution >= 0.6 is 0 Å². The minimum atomic E-state index is -0.597. The zero-order chi connectivity index (χ0) is 27.2. The van der Waals surface area contributed by atoms with Crippen LogP contribution in [0.4, 0.5) is 15.9 Å². The van der Waals surface area contributed by atoms with Gasteiger partial charge >= 0.3 is 0 Å². The number of hydrogen-bond acceptors (Lipinski definition) is 8. The summed E-state index contributed by atoms with van der Waals surface area (Å²) in [5.41, 5.74) is 1.91. The summed E-state index contributed by atoms with van der Waals surface area (Å²) in [7, 11) is 3.18. The summed E-state index contributed by atoms with van der Waals surface area (Å²) >= 11 is 0. The summed E-state index contributed by atoms with van der Waals surface area (Å²) in [5.74, 6) is -0.342. The van der Waals surface area contributed by atoms with Crippen molar-refractivity contribution in [3.8, 4) is 6.07 Å². The van der Waals surface area contributed by atoms with Gasteiger partial charge in [0.2, 0.25) is 0 Å². The molecule has 2 aromatic rings. The van der Waals surface area contributed by atoms with Crippen molar-refractivity contribution in [2.45, 2.75) is 25.8 Å². The molecule has 10 nitrogen and oxygen atoms in total. The average Bonchev–Trinajstić information content (AvgIpc) is 3.36. The molecule has 2 aromatic heterocycles. The molecule has 4 heterocycles. The lowest BCUT2D eigenvalue weighted by molar-refractivity contribution is -0.128. The van der Waals surface area contributed by atoms with Gasteiger partial charge in [0.15, 0.2) is 0 Å². The summed E-state index contributed by atoms with van der Waals surface area (Å²) in [4.78, 5) is 24.9. The normalized spacial score (nSPS) is 18.1. The fraction of sp³-hybridized carbons (Fsp3) is 0.444. The number of methoxy groups -OCH3 is 1. The molecule has 38 heavy (non-hydrogen) atoms. The van der Waals surface area contributed by atoms with Gasteiger partial charge in [0.1, 0.15) is 29.1 Å². The van der Waals surface area contributed by atoms with Gasteiger partial charge in [0, 0.05) is 57.2 Å². The zero-order valence-corrected chi connectivity index (χ0v) is 22.1. The number of morpholine rings is 1. The summed E-state index contributed by atoms with van der Waals surface area (Å²) in [5, 5.41) is 16.2. The molecule has 2 saturated heterocycles. The van der Waals surface area contributed by atoms with E-state index in [9.17, 15) is 14.4 Å². The van der Waals surface area contributed by atoms with Crippen molar-refractivity contribution in [1.29, 1.82) is 5.26 Å². The number of halogens is 1. The number of piperidine rings is 1. The van der Waals surface area contributed by atoms with Crippen LogP contribution in [0.5, 0.6) is 0 Å². The summed E-state index contributed by atoms with van der Waals surface area (Å²) in [6.45, 7) is 9.68. The van der Waals surface area contributed by atoms with E-state index in [0.29, 0.717) is 52.9 Å². The fourth-order valence-corrected chi connectivity index (χ4v) is 4.96. The van der Waals surface area contributed by atoms with E-state index in [1.54, 1.807) is 24.2 Å². The molecule has 0 atom stereocenters. The number of likely N-dealkylation sites (tertiary alicyclic amines) is 1. The molecule has 2 aliphatic rings. The van der Waals surface area contributed by atoms with Gasteiger partial charge in [-0.15, -0.1) is 0 Å². The molecule has 3 N–H and O–H groups in total. The van der Waals surface area contributed by atoms with E-state index in [-0.39, 0.29) is 17.2 Å². The number of hydrogen-bond donors (Lipinski definition) is 3. The number of nitrogens with one attached hydrogen (secondary N) is 3. The number of nitrogens with zero attached hydrogens (tertiary/aromatic N) is 4. The second-order valence-corrected chi connectivity index (χ2v) is 9.28. The van der Waals surface area contributed by atoms with Gasteiger partial charge in [-0.1, -0.05) is 6.58 Å². The maximum atomic E-state index is 14.6. The van der Waals surface area contributed by atoms with E-state index < -0.39 is 5.83 Å². The van der Waals surface area contributed by atoms with Crippen LogP contribution in [0.2, 0.25) is 0 Å². The molecule has 0 spiro atoms. The summed E-state index contributed by atoms with van der Waals surface area (Å²) in [6, 6.07) is 4.28. The van der Waals surface area contributed by atoms with Crippen molar-refractivity contribution >= 4 is 28.4 Å². The van der Waals surface area contributed by atoms with Crippen LogP contribution in [0.3, 0.4) is 0 Å². The Labute approximate surface area is 221 Å². The van der Waals surface area contributed by atoms with Crippen LogP contribution < -0.4 is 10.6 Å². The molecule has 0 unspecified atom stereocenters. The molecule has 0 aliphatic carbocycles. The minimum Gasteiger partial charge on any atom is -0.495 e. The fourth-order valence-electron chi connectivity index (χ4n) is 4.96. The Kier molecular flexibility index (Phi) is 8.66. The van der Waals surface area contributed by atoms with Gasteiger partial charge in [-0.05, 0) is 25.8 Å². The smallest absolute Gasteiger partial charge is 0.256 e. The number of fused-ring (bicyclic) bond motifs is 1. The van der Waals surface area contributed by atoms with Crippen molar-refractivity contribution in [2.24, 2.45) is 0 Å². The minimum absolute atomic E-state index is 0.0722. The van der Waals surface area contributed by atoms with Gasteiger partial charge in [0.25, 0.3) is 5.91 Å². The van der Waals surface area contributed by atoms with Gasteiger partial charge in [-0.3, -0.25) is 9.69 Å². The first-order valence-electron chi connectivity index (χ1n) is 12.7. The molecule has 11 heteroatoms. The molecule has 0 aromatic carbocycles. The topological polar surface area (TPSA) is 119 Å². The first-order valence-corrected chi connectivity index (χ1v) is 12.7. The second-order valence-electron chi connectivity index (χ2n) is 9.28. The lowest BCUT2D eigenvalue weighted by Crippen LogP contribution is -2.50. The molecule has 202 valence electrons. The van der Waals surface area contributed by atoms with Crippen LogP contribution in [0.1, 0.15) is 25.3 Å². The van der Waals surface area contributed by atoms with Gasteiger partial charge in [-0.2, -0.15) is 5.26 Å². The number of rotatable bonds is 8. The molecule has 0 saturated carbocycles. The van der Waals surface area contributed by atoms with Crippen LogP contribution in [0.15, 0.2) is 47.8 Å². The first kappa shape index (κ1) is 27.2. The highest BCUT2D eigenvalue weighted by molar-refractivity contribution is 5.97. The molecular weight excluding hydrogens is 489 g/mol. The van der Waals surface area contributed by atoms with Crippen LogP contribution in [-0.4, -0.2) is 85.3 Å². The average molecular weight is 524 g/mol. The number of ether oxygens (including phenoxy) is 2. The molecule has 2 fully saturated rings. The third-order valence-electron chi connectivity index (χ3n) is 7.02. The SMILES string of the molecule is C=C(Nc1cc(NC)c2c(C#N)c[nH]c2n1)/C(=C\C(C(=O)N1CCC(N2CCOCC2)CC1)=C(/C)F)OC. The van der Waals surface area contributed by atoms with Crippen LogP contribution in [-0.2, 0) is 14.3 Å². The molecule has 4 rings (SSSR count). The monoisotopic (exact) mass is 523 g/mol. The second kappa shape index (κ2) is 12.1. The van der Waals surface area contributed by atoms with E-state index >= 15 is 0 Å². The number of carbonyl (C=O) groups is 1. The van der Waals surface area contributed by atoms with Crippen molar-refractivity contribution in [3.05, 3.63) is 53.3 Å². The largest absolute Gasteiger partial charge is 0.495 e. The van der Waals surface area contributed by atoms with Gasteiger partial charge in [-0.25, -0.2) is 9.37 Å². The molecule has 1 amide bonds. The molecule has 0 radical (unpaired) electrons. The number of pyridine rings is 1. The number of anilines is 2. The van der Waals surface area contributed by atoms with E-state index in [1.807, 2.05) is 0 Å². The van der Waals surface area contributed by atoms with Crippen LogP contribution in [0, 0.1) is 11.3 Å². The molecular formula is C27H34FN7O3. The Morgan fingerprint density at radius 3 is 2.66 bits per heavy atom. The Hall–Kier alpha value is -3.88. The maximum Gasteiger partial charge on any atom is 0.256 e. The standard InChI is InChI=1S/C27H34FN7O3/c1-17(28)21(27(36)35-7-5-20(6-8-35)34-9-11-38-12-10-34)13-23(37-4)18(2)32-24-14-22(30-3)25-19(15-29)16-31-26(25)33-24/h13-14,16,20H,2,5-12H2,1,3-4H3,(H3,30,31,32,33)/b21-17-,23-13+. The van der Waals surface area contributed by atoms with Crippen molar-refractivity contribution < 1.29 is 18.7 Å². The number of H-pyrrole nitrogens is 1. The Morgan fingerprint density at radius 1 is 1.34 bits per heavy atom. The molecule has 2 aliphatic heterocycles. The Morgan fingerprint density at radius 2 is 2.05 bits per heavy atom. The Balaban J connectivity index is 1.48. The third-order valence-corrected chi connectivity index (χ3v) is 7.02. The van der Waals surface area contributed by atoms with E-state index in [4.69, 9.17) is 9.47 Å². The first-order chi connectivity index (χ1) is 18.4. The van der Waals surface area contributed by atoms with E-state index in [1.165, 1.54) is 20.1 Å². The third kappa shape index (κ3) is 5.82. The molecule has 0 bridgehead atoms. The number of aromatic amines is 1. The van der Waals surface area contributed by atoms with Gasteiger partial charge < -0.3 is 30.0 Å². The maximum absolute atomic E-state index is 14.6. The quantitative estimate of drug-likeness (QED) is 0.273. The van der Waals surface area contributed by atoms with Crippen molar-refractivity contribution in [1.82, 2.24) is 19.8 Å². The number of nitriles is 1. The summed E-state index contributed by atoms with van der Waals surface area (Å²) in [6.07, 6.45) is 4.65. The number of amides is 1. The van der Waals surface area contributed by atoms with Gasteiger partial charge in [0.05, 0.1) is 42.5 Å². The van der Waals surface area contributed by atoms with E-state index in [2.05, 4.69) is 38.1 Å². The predicted molar refractivity (Wildman–Crippen MR) is 144 cm³/mol. The zero-order valence-electron chi connectivity index (χ0n) is 22.1. The van der Waals surface area contributed by atoms with E-state index in [0.717, 1.165) is 39.1 Å². The summed E-state index contributed by atoms with van der Waals surface area (Å²) < 4.78 is 25.6. The van der Waals surface area contributed by atoms with Crippen LogP contribution in [0.25, 0.3) is 11.0 Å². The lowest BCUT2D eigenvalue weighted by atomic mass is 10.0. The highest BCUT2D eigenvalue weighted by Crippen LogP contribution is 2.29. The highest BCUT2D eigenvalue weighted by Gasteiger charge is 2.29. The highest BCUT2D eigenvalue weighted by atomic mass is 19.1. The number of carbonyl (C=O) groups excluding carboxylic acids is 1. The predicted octanol–water partition coefficient (Wildman–Crippen LogP) is 3.50.